The van der Waals surface area contributed by atoms with E-state index in [4.69, 9.17) is 14.2 Å². The maximum atomic E-state index is 5.92. The molecule has 0 amide bonds. The van der Waals surface area contributed by atoms with Gasteiger partial charge in [0.15, 0.2) is 0 Å². The lowest BCUT2D eigenvalue weighted by Gasteiger charge is -2.27. The maximum absolute atomic E-state index is 5.92. The largest absolute Gasteiger partial charge is 0.496 e. The van der Waals surface area contributed by atoms with Gasteiger partial charge in [-0.2, -0.15) is 0 Å². The molecule has 0 saturated heterocycles. The zero-order valence-electron chi connectivity index (χ0n) is 13.4. The zero-order valence-corrected chi connectivity index (χ0v) is 13.4. The average molecular weight is 281 g/mol. The van der Waals surface area contributed by atoms with Crippen LogP contribution in [0.15, 0.2) is 18.2 Å². The van der Waals surface area contributed by atoms with Crippen molar-refractivity contribution >= 4 is 0 Å². The molecule has 4 heteroatoms. The first-order chi connectivity index (χ1) is 9.42. The summed E-state index contributed by atoms with van der Waals surface area (Å²) >= 11 is 0. The summed E-state index contributed by atoms with van der Waals surface area (Å²) in [6.45, 7) is 9.64. The van der Waals surface area contributed by atoms with E-state index in [0.29, 0.717) is 6.61 Å². The first kappa shape index (κ1) is 16.8. The van der Waals surface area contributed by atoms with Crippen molar-refractivity contribution in [2.24, 2.45) is 0 Å². The Bertz CT molecular complexity index is 390. The second kappa shape index (κ2) is 7.50. The van der Waals surface area contributed by atoms with Crippen LogP contribution < -0.4 is 14.8 Å². The van der Waals surface area contributed by atoms with E-state index in [9.17, 15) is 0 Å². The third-order valence-electron chi connectivity index (χ3n) is 2.95. The molecule has 20 heavy (non-hydrogen) atoms. The van der Waals surface area contributed by atoms with E-state index in [2.05, 4.69) is 33.0 Å². The van der Waals surface area contributed by atoms with E-state index in [-0.39, 0.29) is 11.6 Å². The second-order valence-electron chi connectivity index (χ2n) is 5.61. The van der Waals surface area contributed by atoms with Crippen LogP contribution in [0.25, 0.3) is 0 Å². The Morgan fingerprint density at radius 2 is 1.65 bits per heavy atom. The summed E-state index contributed by atoms with van der Waals surface area (Å²) in [5.41, 5.74) is 0.826. The fourth-order valence-electron chi connectivity index (χ4n) is 2.05. The molecule has 1 unspecified atom stereocenters. The molecular weight excluding hydrogens is 254 g/mol. The molecule has 0 spiro atoms. The Labute approximate surface area is 122 Å². The van der Waals surface area contributed by atoms with Crippen molar-refractivity contribution in [2.75, 3.05) is 27.4 Å². The Balaban J connectivity index is 3.06. The third-order valence-corrected chi connectivity index (χ3v) is 2.95. The van der Waals surface area contributed by atoms with Crippen molar-refractivity contribution in [3.63, 3.8) is 0 Å². The predicted molar refractivity (Wildman–Crippen MR) is 81.7 cm³/mol. The minimum atomic E-state index is -0.178. The van der Waals surface area contributed by atoms with Gasteiger partial charge in [-0.3, -0.25) is 0 Å². The molecular formula is C16H27NO3. The van der Waals surface area contributed by atoms with Crippen molar-refractivity contribution < 1.29 is 14.2 Å². The highest BCUT2D eigenvalue weighted by Gasteiger charge is 2.22. The van der Waals surface area contributed by atoms with E-state index >= 15 is 0 Å². The molecule has 0 aliphatic carbocycles. The van der Waals surface area contributed by atoms with Gasteiger partial charge in [-0.05, 0) is 39.4 Å². The number of methoxy groups -OCH3 is 2. The Morgan fingerprint density at radius 1 is 1.10 bits per heavy atom. The molecule has 114 valence electrons. The number of rotatable bonds is 7. The summed E-state index contributed by atoms with van der Waals surface area (Å²) in [5.74, 6) is 1.63. The predicted octanol–water partition coefficient (Wildman–Crippen LogP) is 3.17. The third kappa shape index (κ3) is 4.69. The van der Waals surface area contributed by atoms with Crippen molar-refractivity contribution in [1.82, 2.24) is 5.32 Å². The minimum Gasteiger partial charge on any atom is -0.496 e. The highest BCUT2D eigenvalue weighted by molar-refractivity contribution is 5.47. The lowest BCUT2D eigenvalue weighted by atomic mass is 10.0. The molecule has 1 atom stereocenters. The van der Waals surface area contributed by atoms with Crippen molar-refractivity contribution in [3.05, 3.63) is 23.8 Å². The topological polar surface area (TPSA) is 39.7 Å². The molecule has 0 aliphatic rings. The first-order valence-corrected chi connectivity index (χ1v) is 7.01. The highest BCUT2D eigenvalue weighted by atomic mass is 16.5. The molecule has 1 rings (SSSR count). The van der Waals surface area contributed by atoms with Crippen LogP contribution in [0.1, 0.15) is 39.3 Å². The van der Waals surface area contributed by atoms with Crippen LogP contribution in [0.5, 0.6) is 11.5 Å². The average Bonchev–Trinajstić information content (AvgIpc) is 2.41. The van der Waals surface area contributed by atoms with Gasteiger partial charge >= 0.3 is 0 Å². The summed E-state index contributed by atoms with van der Waals surface area (Å²) < 4.78 is 16.9. The van der Waals surface area contributed by atoms with Gasteiger partial charge in [0.05, 0.1) is 38.0 Å². The van der Waals surface area contributed by atoms with Gasteiger partial charge < -0.3 is 19.5 Å². The fourth-order valence-corrected chi connectivity index (χ4v) is 2.05. The molecule has 1 N–H and O–H groups in total. The molecule has 0 aromatic heterocycles. The first-order valence-electron chi connectivity index (χ1n) is 7.01. The summed E-state index contributed by atoms with van der Waals surface area (Å²) in [6, 6.07) is 5.85. The lowest BCUT2D eigenvalue weighted by molar-refractivity contribution is -0.0151. The van der Waals surface area contributed by atoms with Crippen LogP contribution in [0.3, 0.4) is 0 Å². The molecule has 1 aromatic carbocycles. The van der Waals surface area contributed by atoms with E-state index < -0.39 is 0 Å². The minimum absolute atomic E-state index is 0.0327. The van der Waals surface area contributed by atoms with Crippen molar-refractivity contribution in [1.29, 1.82) is 0 Å². The van der Waals surface area contributed by atoms with Gasteiger partial charge in [-0.15, -0.1) is 0 Å². The smallest absolute Gasteiger partial charge is 0.127 e. The number of hydrogen-bond acceptors (Lipinski definition) is 4. The standard InChI is InChI=1S/C16H27NO3/c1-7-17-12(11-20-16(2,3)4)15-13(18-5)9-8-10-14(15)19-6/h8-10,12,17H,7,11H2,1-6H3. The summed E-state index contributed by atoms with van der Waals surface area (Å²) in [6.07, 6.45) is 0. The van der Waals surface area contributed by atoms with Gasteiger partial charge in [0.1, 0.15) is 11.5 Å². The highest BCUT2D eigenvalue weighted by Crippen LogP contribution is 2.34. The Kier molecular flexibility index (Phi) is 6.30. The van der Waals surface area contributed by atoms with Crippen LogP contribution in [0.4, 0.5) is 0 Å². The Hall–Kier alpha value is -1.26. The van der Waals surface area contributed by atoms with Crippen LogP contribution in [-0.2, 0) is 4.74 Å². The van der Waals surface area contributed by atoms with Crippen LogP contribution in [-0.4, -0.2) is 33.0 Å². The number of likely N-dealkylation sites (N-methyl/N-ethyl adjacent to an activating group) is 1. The normalized spacial score (nSPS) is 13.1. The molecule has 4 nitrogen and oxygen atoms in total. The van der Waals surface area contributed by atoms with Crippen LogP contribution in [0.2, 0.25) is 0 Å². The molecule has 0 radical (unpaired) electrons. The van der Waals surface area contributed by atoms with Gasteiger partial charge in [-0.1, -0.05) is 13.0 Å². The summed E-state index contributed by atoms with van der Waals surface area (Å²) in [7, 11) is 3.35. The van der Waals surface area contributed by atoms with E-state index in [1.807, 2.05) is 18.2 Å². The molecule has 0 fully saturated rings. The van der Waals surface area contributed by atoms with Gasteiger partial charge in [0, 0.05) is 0 Å². The fraction of sp³-hybridized carbons (Fsp3) is 0.625. The SMILES string of the molecule is CCNC(COC(C)(C)C)c1c(OC)cccc1OC. The van der Waals surface area contributed by atoms with E-state index in [1.54, 1.807) is 14.2 Å². The van der Waals surface area contributed by atoms with Crippen molar-refractivity contribution in [3.8, 4) is 11.5 Å². The van der Waals surface area contributed by atoms with Gasteiger partial charge in [-0.25, -0.2) is 0 Å². The summed E-state index contributed by atoms with van der Waals surface area (Å²) in [4.78, 5) is 0. The zero-order chi connectivity index (χ0) is 15.2. The van der Waals surface area contributed by atoms with Crippen molar-refractivity contribution in [2.45, 2.75) is 39.3 Å². The van der Waals surface area contributed by atoms with Gasteiger partial charge in [0.25, 0.3) is 0 Å². The summed E-state index contributed by atoms with van der Waals surface area (Å²) in [5, 5.41) is 3.44. The number of benzene rings is 1. The van der Waals surface area contributed by atoms with Gasteiger partial charge in [0.2, 0.25) is 0 Å². The molecule has 0 bridgehead atoms. The number of hydrogen-bond donors (Lipinski definition) is 1. The monoisotopic (exact) mass is 281 g/mol. The number of ether oxygens (including phenoxy) is 3. The molecule has 1 aromatic rings. The van der Waals surface area contributed by atoms with E-state index in [1.165, 1.54) is 0 Å². The Morgan fingerprint density at radius 3 is 2.05 bits per heavy atom. The van der Waals surface area contributed by atoms with Crippen LogP contribution in [0, 0.1) is 0 Å². The number of nitrogens with one attached hydrogen (secondary N) is 1. The molecule has 0 aliphatic heterocycles. The maximum Gasteiger partial charge on any atom is 0.127 e. The molecule has 0 saturated carbocycles. The lowest BCUT2D eigenvalue weighted by Crippen LogP contribution is -2.30. The van der Waals surface area contributed by atoms with E-state index in [0.717, 1.165) is 23.6 Å². The quantitative estimate of drug-likeness (QED) is 0.833. The van der Waals surface area contributed by atoms with Crippen LogP contribution >= 0.6 is 0 Å². The molecule has 0 heterocycles. The second-order valence-corrected chi connectivity index (χ2v) is 5.61.